The molecule has 7 nitrogen and oxygen atoms in total. The number of hydrogen-bond donors (Lipinski definition) is 4. The lowest BCUT2D eigenvalue weighted by atomic mass is 9.84. The molecule has 1 fully saturated rings. The van der Waals surface area contributed by atoms with Crippen molar-refractivity contribution in [3.8, 4) is 0 Å². The van der Waals surface area contributed by atoms with Gasteiger partial charge in [-0.25, -0.2) is 4.98 Å². The molecule has 140 valence electrons. The molecular weight excluding hydrogens is 318 g/mol. The van der Waals surface area contributed by atoms with E-state index >= 15 is 0 Å². The molecule has 2 heterocycles. The SMILES string of the molecule is CN=C(NCCCCNc1ccccn1)NCC1(CCO)CCOC1. The number of unbranched alkanes of at least 4 members (excludes halogenated alkanes) is 1. The van der Waals surface area contributed by atoms with Crippen molar-refractivity contribution in [1.82, 2.24) is 15.6 Å². The topological polar surface area (TPSA) is 90.8 Å². The number of rotatable bonds is 10. The van der Waals surface area contributed by atoms with Crippen molar-refractivity contribution in [2.75, 3.05) is 51.8 Å². The first-order valence-electron chi connectivity index (χ1n) is 9.06. The van der Waals surface area contributed by atoms with Crippen molar-refractivity contribution >= 4 is 11.8 Å². The fourth-order valence-corrected chi connectivity index (χ4v) is 2.94. The minimum Gasteiger partial charge on any atom is -0.396 e. The molecule has 0 spiro atoms. The molecule has 0 aliphatic carbocycles. The molecule has 1 unspecified atom stereocenters. The van der Waals surface area contributed by atoms with E-state index < -0.39 is 0 Å². The fourth-order valence-electron chi connectivity index (χ4n) is 2.94. The lowest BCUT2D eigenvalue weighted by Gasteiger charge is -2.27. The van der Waals surface area contributed by atoms with Crippen LogP contribution in [0.3, 0.4) is 0 Å². The van der Waals surface area contributed by atoms with Crippen LogP contribution in [0.4, 0.5) is 5.82 Å². The standard InChI is InChI=1S/C18H31N5O2/c1-19-17(23-14-18(7-12-24)8-13-25-15-18)22-11-5-4-10-21-16-6-2-3-9-20-16/h2-3,6,9,24H,4-5,7-8,10-15H2,1H3,(H,20,21)(H2,19,22,23). The molecule has 4 N–H and O–H groups in total. The third-order valence-corrected chi connectivity index (χ3v) is 4.55. The van der Waals surface area contributed by atoms with Crippen LogP contribution in [0.25, 0.3) is 0 Å². The Morgan fingerprint density at radius 2 is 2.20 bits per heavy atom. The molecule has 2 rings (SSSR count). The third-order valence-electron chi connectivity index (χ3n) is 4.55. The summed E-state index contributed by atoms with van der Waals surface area (Å²) >= 11 is 0. The molecule has 0 radical (unpaired) electrons. The second-order valence-corrected chi connectivity index (χ2v) is 6.48. The second kappa shape index (κ2) is 10.9. The summed E-state index contributed by atoms with van der Waals surface area (Å²) in [5.74, 6) is 1.72. The molecular formula is C18H31N5O2. The largest absolute Gasteiger partial charge is 0.396 e. The van der Waals surface area contributed by atoms with Crippen molar-refractivity contribution in [2.45, 2.75) is 25.7 Å². The van der Waals surface area contributed by atoms with Crippen molar-refractivity contribution in [3.63, 3.8) is 0 Å². The zero-order valence-electron chi connectivity index (χ0n) is 15.1. The summed E-state index contributed by atoms with van der Waals surface area (Å²) in [6.07, 6.45) is 5.64. The van der Waals surface area contributed by atoms with E-state index in [-0.39, 0.29) is 12.0 Å². The van der Waals surface area contributed by atoms with Gasteiger partial charge in [-0.2, -0.15) is 0 Å². The first kappa shape index (κ1) is 19.5. The molecule has 0 bridgehead atoms. The van der Waals surface area contributed by atoms with E-state index in [2.05, 4.69) is 25.9 Å². The van der Waals surface area contributed by atoms with Gasteiger partial charge in [0.2, 0.25) is 0 Å². The predicted molar refractivity (Wildman–Crippen MR) is 101 cm³/mol. The average Bonchev–Trinajstić information content (AvgIpc) is 3.10. The summed E-state index contributed by atoms with van der Waals surface area (Å²) in [5.41, 5.74) is 0.0268. The molecule has 0 saturated carbocycles. The lowest BCUT2D eigenvalue weighted by molar-refractivity contribution is 0.127. The first-order valence-corrected chi connectivity index (χ1v) is 9.06. The Morgan fingerprint density at radius 3 is 2.88 bits per heavy atom. The first-order chi connectivity index (χ1) is 12.3. The molecule has 1 atom stereocenters. The quantitative estimate of drug-likeness (QED) is 0.289. The van der Waals surface area contributed by atoms with E-state index in [1.807, 2.05) is 18.2 Å². The van der Waals surface area contributed by atoms with Gasteiger partial charge in [0.15, 0.2) is 5.96 Å². The minimum absolute atomic E-state index is 0.0268. The van der Waals surface area contributed by atoms with Crippen LogP contribution in [-0.4, -0.2) is 62.6 Å². The van der Waals surface area contributed by atoms with E-state index in [9.17, 15) is 5.11 Å². The maximum absolute atomic E-state index is 9.28. The summed E-state index contributed by atoms with van der Waals surface area (Å²) in [7, 11) is 1.78. The van der Waals surface area contributed by atoms with E-state index in [1.165, 1.54) is 0 Å². The zero-order chi connectivity index (χ0) is 17.8. The van der Waals surface area contributed by atoms with Crippen LogP contribution in [0.1, 0.15) is 25.7 Å². The number of guanidine groups is 1. The van der Waals surface area contributed by atoms with E-state index in [4.69, 9.17) is 4.74 Å². The third kappa shape index (κ3) is 6.88. The van der Waals surface area contributed by atoms with E-state index in [0.29, 0.717) is 6.61 Å². The molecule has 1 aliphatic rings. The highest BCUT2D eigenvalue weighted by Gasteiger charge is 2.34. The minimum atomic E-state index is 0.0268. The number of ether oxygens (including phenoxy) is 1. The van der Waals surface area contributed by atoms with Gasteiger partial charge in [-0.15, -0.1) is 0 Å². The molecule has 25 heavy (non-hydrogen) atoms. The van der Waals surface area contributed by atoms with Crippen molar-refractivity contribution in [3.05, 3.63) is 24.4 Å². The van der Waals surface area contributed by atoms with Gasteiger partial charge in [0, 0.05) is 51.5 Å². The number of aromatic nitrogens is 1. The maximum Gasteiger partial charge on any atom is 0.190 e. The predicted octanol–water partition coefficient (Wildman–Crippen LogP) is 1.23. The number of hydrogen-bond acceptors (Lipinski definition) is 5. The highest BCUT2D eigenvalue weighted by Crippen LogP contribution is 2.31. The Morgan fingerprint density at radius 1 is 1.32 bits per heavy atom. The van der Waals surface area contributed by atoms with Gasteiger partial charge in [-0.05, 0) is 37.8 Å². The van der Waals surface area contributed by atoms with Crippen LogP contribution in [0, 0.1) is 5.41 Å². The summed E-state index contributed by atoms with van der Waals surface area (Å²) in [4.78, 5) is 8.51. The maximum atomic E-state index is 9.28. The summed E-state index contributed by atoms with van der Waals surface area (Å²) in [6.45, 7) is 4.22. The molecule has 0 aromatic carbocycles. The highest BCUT2D eigenvalue weighted by atomic mass is 16.5. The Balaban J connectivity index is 1.58. The van der Waals surface area contributed by atoms with Gasteiger partial charge in [-0.3, -0.25) is 4.99 Å². The van der Waals surface area contributed by atoms with Crippen molar-refractivity contribution < 1.29 is 9.84 Å². The monoisotopic (exact) mass is 349 g/mol. The molecule has 1 saturated heterocycles. The zero-order valence-corrected chi connectivity index (χ0v) is 15.1. The van der Waals surface area contributed by atoms with Crippen LogP contribution >= 0.6 is 0 Å². The van der Waals surface area contributed by atoms with Gasteiger partial charge in [0.1, 0.15) is 5.82 Å². The van der Waals surface area contributed by atoms with Crippen LogP contribution in [-0.2, 0) is 4.74 Å². The van der Waals surface area contributed by atoms with Gasteiger partial charge in [0.25, 0.3) is 0 Å². The van der Waals surface area contributed by atoms with E-state index in [0.717, 1.165) is 63.7 Å². The summed E-state index contributed by atoms with van der Waals surface area (Å²) in [5, 5.41) is 19.3. The fraction of sp³-hybridized carbons (Fsp3) is 0.667. The lowest BCUT2D eigenvalue weighted by Crippen LogP contribution is -2.44. The second-order valence-electron chi connectivity index (χ2n) is 6.48. The Bertz CT molecular complexity index is 503. The summed E-state index contributed by atoms with van der Waals surface area (Å²) < 4.78 is 5.52. The van der Waals surface area contributed by atoms with Crippen LogP contribution in [0.5, 0.6) is 0 Å². The highest BCUT2D eigenvalue weighted by molar-refractivity contribution is 5.79. The van der Waals surface area contributed by atoms with Crippen molar-refractivity contribution in [1.29, 1.82) is 0 Å². The number of anilines is 1. The Hall–Kier alpha value is -1.86. The van der Waals surface area contributed by atoms with Gasteiger partial charge in [-0.1, -0.05) is 6.07 Å². The van der Waals surface area contributed by atoms with E-state index in [1.54, 1.807) is 13.2 Å². The van der Waals surface area contributed by atoms with Crippen LogP contribution < -0.4 is 16.0 Å². The molecule has 1 aromatic heterocycles. The average molecular weight is 349 g/mol. The number of pyridine rings is 1. The number of nitrogens with zero attached hydrogens (tertiary/aromatic N) is 2. The molecule has 0 amide bonds. The van der Waals surface area contributed by atoms with Crippen molar-refractivity contribution in [2.24, 2.45) is 10.4 Å². The normalized spacial score (nSPS) is 20.5. The van der Waals surface area contributed by atoms with Crippen LogP contribution in [0.15, 0.2) is 29.4 Å². The number of aliphatic imine (C=N–C) groups is 1. The Labute approximate surface area is 150 Å². The number of aliphatic hydroxyl groups is 1. The molecule has 1 aromatic rings. The van der Waals surface area contributed by atoms with Gasteiger partial charge in [0.05, 0.1) is 6.61 Å². The number of nitrogens with one attached hydrogen (secondary N) is 3. The molecule has 7 heteroatoms. The van der Waals surface area contributed by atoms with Crippen LogP contribution in [0.2, 0.25) is 0 Å². The number of aliphatic hydroxyl groups excluding tert-OH is 1. The smallest absolute Gasteiger partial charge is 0.190 e. The van der Waals surface area contributed by atoms with Gasteiger partial charge >= 0.3 is 0 Å². The molecule has 1 aliphatic heterocycles. The Kier molecular flexibility index (Phi) is 8.48. The van der Waals surface area contributed by atoms with Gasteiger partial charge < -0.3 is 25.8 Å². The summed E-state index contributed by atoms with van der Waals surface area (Å²) in [6, 6.07) is 5.86.